The molecule has 0 aromatic heterocycles. The molecule has 1 atom stereocenters. The summed E-state index contributed by atoms with van der Waals surface area (Å²) >= 11 is 14.1. The van der Waals surface area contributed by atoms with Gasteiger partial charge in [0.1, 0.15) is 0 Å². The van der Waals surface area contributed by atoms with Crippen LogP contribution in [0.2, 0.25) is 16.1 Å². The molecule has 0 fully saturated rings. The highest BCUT2D eigenvalue weighted by Crippen LogP contribution is 2.49. The van der Waals surface area contributed by atoms with Crippen molar-refractivity contribution in [3.05, 3.63) is 121 Å². The molecule has 240 valence electrons. The van der Waals surface area contributed by atoms with Crippen LogP contribution in [0.1, 0.15) is 74.1 Å². The van der Waals surface area contributed by atoms with E-state index in [0.29, 0.717) is 0 Å². The number of halogens is 2. The van der Waals surface area contributed by atoms with Crippen LogP contribution < -0.4 is 20.7 Å². The summed E-state index contributed by atoms with van der Waals surface area (Å²) in [5.74, 6) is 0. The maximum atomic E-state index is 7.05. The molecular formula is C39H53Cl2NSi3. The number of hydrogen-bond acceptors (Lipinski definition) is 1. The lowest BCUT2D eigenvalue weighted by Crippen LogP contribution is -2.89. The Hall–Kier alpha value is -1.93. The molecule has 1 unspecified atom stereocenters. The molecule has 0 aliphatic rings. The molecule has 0 radical (unpaired) electrons. The van der Waals surface area contributed by atoms with E-state index in [4.69, 9.17) is 22.2 Å². The Kier molecular flexibility index (Phi) is 12.2. The van der Waals surface area contributed by atoms with Crippen molar-refractivity contribution in [2.45, 2.75) is 96.3 Å². The van der Waals surface area contributed by atoms with Crippen LogP contribution in [0.5, 0.6) is 0 Å². The summed E-state index contributed by atoms with van der Waals surface area (Å²) in [5.41, 5.74) is 0. The molecule has 0 heterocycles. The van der Waals surface area contributed by atoms with E-state index in [1.165, 1.54) is 40.0 Å². The van der Waals surface area contributed by atoms with E-state index in [9.17, 15) is 0 Å². The van der Waals surface area contributed by atoms with Crippen molar-refractivity contribution in [2.24, 2.45) is 0 Å². The Morgan fingerprint density at radius 1 is 0.556 bits per heavy atom. The summed E-state index contributed by atoms with van der Waals surface area (Å²) < 4.78 is 3.22. The average Bonchev–Trinajstić information content (AvgIpc) is 3.01. The van der Waals surface area contributed by atoms with Crippen molar-refractivity contribution in [3.8, 4) is 0 Å². The third-order valence-corrected chi connectivity index (χ3v) is 24.8. The predicted molar refractivity (Wildman–Crippen MR) is 209 cm³/mol. The minimum absolute atomic E-state index is 0.0819. The summed E-state index contributed by atoms with van der Waals surface area (Å²) in [5, 5.41) is 5.67. The van der Waals surface area contributed by atoms with Crippen molar-refractivity contribution >= 4 is 66.8 Å². The first kappa shape index (κ1) is 35.9. The maximum absolute atomic E-state index is 7.05. The Morgan fingerprint density at radius 3 is 1.11 bits per heavy atom. The van der Waals surface area contributed by atoms with Crippen molar-refractivity contribution in [3.63, 3.8) is 0 Å². The Morgan fingerprint density at radius 2 is 0.867 bits per heavy atom. The smallest absolute Gasteiger partial charge is 0.238 e. The van der Waals surface area contributed by atoms with Gasteiger partial charge in [0.25, 0.3) is 0 Å². The molecule has 0 saturated heterocycles. The van der Waals surface area contributed by atoms with Gasteiger partial charge >= 0.3 is 0 Å². The number of benzene rings is 4. The molecule has 0 N–H and O–H groups in total. The van der Waals surface area contributed by atoms with Crippen LogP contribution in [0.15, 0.2) is 121 Å². The molecule has 0 spiro atoms. The standard InChI is InChI=1S/C39H53Cl2NSi3/c1-8-9-14-23-33(32-43(40)41)42(44(38(2,3)4,34-24-15-10-16-25-34)35-26-17-11-18-27-35)45(39(5,6)7,36-28-19-12-20-29-36)37-30-21-13-22-31-37/h10-13,15-22,24-31,33,43H,8-9,14,23,32H2,1-7H3. The van der Waals surface area contributed by atoms with Gasteiger partial charge < -0.3 is 4.23 Å². The summed E-state index contributed by atoms with van der Waals surface area (Å²) in [6.45, 7) is 17.3. The molecular weight excluding hydrogens is 638 g/mol. The van der Waals surface area contributed by atoms with Crippen molar-refractivity contribution < 1.29 is 0 Å². The fraction of sp³-hybridized carbons (Fsp3) is 0.385. The first-order valence-corrected chi connectivity index (χ1v) is 24.9. The van der Waals surface area contributed by atoms with E-state index in [2.05, 4.69) is 174 Å². The van der Waals surface area contributed by atoms with E-state index < -0.39 is 23.9 Å². The van der Waals surface area contributed by atoms with Gasteiger partial charge in [0.15, 0.2) is 16.5 Å². The van der Waals surface area contributed by atoms with Gasteiger partial charge in [0.2, 0.25) is 7.42 Å². The first-order valence-electron chi connectivity index (χ1n) is 16.7. The van der Waals surface area contributed by atoms with E-state index in [-0.39, 0.29) is 16.1 Å². The van der Waals surface area contributed by atoms with E-state index in [0.717, 1.165) is 12.5 Å². The van der Waals surface area contributed by atoms with Gasteiger partial charge in [-0.1, -0.05) is 189 Å². The second-order valence-corrected chi connectivity index (χ2v) is 29.2. The molecule has 4 aromatic carbocycles. The Bertz CT molecular complexity index is 1260. The number of unbranched alkanes of at least 4 members (excludes halogenated alkanes) is 2. The predicted octanol–water partition coefficient (Wildman–Crippen LogP) is 9.06. The molecule has 0 saturated carbocycles. The summed E-state index contributed by atoms with van der Waals surface area (Å²) in [6, 6.07) is 47.2. The second-order valence-electron chi connectivity index (χ2n) is 14.5. The summed E-state index contributed by atoms with van der Waals surface area (Å²) in [7, 11) is -7.78. The third-order valence-electron chi connectivity index (χ3n) is 9.62. The Balaban J connectivity index is 2.34. The molecule has 6 heteroatoms. The van der Waals surface area contributed by atoms with E-state index in [1.807, 2.05) is 0 Å². The lowest BCUT2D eigenvalue weighted by atomic mass is 10.1. The topological polar surface area (TPSA) is 3.24 Å². The largest absolute Gasteiger partial charge is 0.328 e. The molecule has 4 rings (SSSR count). The van der Waals surface area contributed by atoms with Crippen LogP contribution in [0, 0.1) is 0 Å². The minimum atomic E-state index is -2.88. The van der Waals surface area contributed by atoms with E-state index in [1.54, 1.807) is 0 Å². The lowest BCUT2D eigenvalue weighted by Gasteiger charge is -2.64. The molecule has 0 bridgehead atoms. The maximum Gasteiger partial charge on any atom is 0.238 e. The SMILES string of the molecule is CCCCCC(C[SiH](Cl)Cl)N([Si](c1ccccc1)(c1ccccc1)C(C)(C)C)[Si](c1ccccc1)(c1ccccc1)C(C)(C)C. The molecule has 0 amide bonds. The van der Waals surface area contributed by atoms with Gasteiger partial charge in [-0.3, -0.25) is 0 Å². The van der Waals surface area contributed by atoms with E-state index >= 15 is 0 Å². The zero-order chi connectivity index (χ0) is 32.7. The molecule has 0 aliphatic carbocycles. The van der Waals surface area contributed by atoms with Crippen molar-refractivity contribution in [1.82, 2.24) is 4.23 Å². The van der Waals surface area contributed by atoms with Gasteiger partial charge in [-0.25, -0.2) is 0 Å². The van der Waals surface area contributed by atoms with Gasteiger partial charge in [-0.15, -0.1) is 0 Å². The zero-order valence-corrected chi connectivity index (χ0v) is 33.1. The fourth-order valence-corrected chi connectivity index (χ4v) is 27.1. The van der Waals surface area contributed by atoms with Gasteiger partial charge in [-0.05, 0) is 49.3 Å². The van der Waals surface area contributed by atoms with Crippen molar-refractivity contribution in [1.29, 1.82) is 0 Å². The molecule has 0 aliphatic heterocycles. The van der Waals surface area contributed by atoms with Gasteiger partial charge in [0.05, 0.1) is 0 Å². The van der Waals surface area contributed by atoms with Gasteiger partial charge in [-0.2, -0.15) is 22.2 Å². The summed E-state index contributed by atoms with van der Waals surface area (Å²) in [6.07, 6.45) is 4.66. The highest BCUT2D eigenvalue weighted by molar-refractivity contribution is 7.33. The highest BCUT2D eigenvalue weighted by atomic mass is 35.7. The zero-order valence-electron chi connectivity index (χ0n) is 28.4. The van der Waals surface area contributed by atoms with Crippen LogP contribution in [-0.2, 0) is 0 Å². The fourth-order valence-electron chi connectivity index (χ4n) is 8.05. The number of nitrogens with zero attached hydrogens (tertiary/aromatic N) is 1. The van der Waals surface area contributed by atoms with Crippen LogP contribution in [0.3, 0.4) is 0 Å². The quantitative estimate of drug-likeness (QED) is 0.0769. The first-order chi connectivity index (χ1) is 21.4. The highest BCUT2D eigenvalue weighted by Gasteiger charge is 2.65. The average molecular weight is 691 g/mol. The molecule has 1 nitrogen and oxygen atoms in total. The normalized spacial score (nSPS) is 13.8. The second kappa shape index (κ2) is 15.3. The van der Waals surface area contributed by atoms with Crippen LogP contribution >= 0.6 is 22.2 Å². The molecule has 45 heavy (non-hydrogen) atoms. The van der Waals surface area contributed by atoms with Crippen LogP contribution in [-0.4, -0.2) is 34.2 Å². The molecule has 4 aromatic rings. The van der Waals surface area contributed by atoms with Gasteiger partial charge in [0, 0.05) is 0 Å². The lowest BCUT2D eigenvalue weighted by molar-refractivity contribution is 0.402. The monoisotopic (exact) mass is 689 g/mol. The Labute approximate surface area is 287 Å². The number of rotatable bonds is 13. The third kappa shape index (κ3) is 7.17. The summed E-state index contributed by atoms with van der Waals surface area (Å²) in [4.78, 5) is 0. The minimum Gasteiger partial charge on any atom is -0.328 e. The van der Waals surface area contributed by atoms with Crippen LogP contribution in [0.4, 0.5) is 0 Å². The number of hydrogen-bond donors (Lipinski definition) is 0. The van der Waals surface area contributed by atoms with Crippen molar-refractivity contribution in [2.75, 3.05) is 0 Å². The van der Waals surface area contributed by atoms with Crippen LogP contribution in [0.25, 0.3) is 0 Å².